The predicted octanol–water partition coefficient (Wildman–Crippen LogP) is -0.177. The quantitative estimate of drug-likeness (QED) is 0.597. The van der Waals surface area contributed by atoms with E-state index in [4.69, 9.17) is 14.7 Å². The van der Waals surface area contributed by atoms with E-state index in [9.17, 15) is 8.42 Å². The Bertz CT molecular complexity index is 315. The molecule has 0 heterocycles. The molecule has 0 rings (SSSR count). The molecule has 16 heavy (non-hydrogen) atoms. The van der Waals surface area contributed by atoms with Crippen LogP contribution in [0.25, 0.3) is 0 Å². The fourth-order valence-electron chi connectivity index (χ4n) is 1.04. The van der Waals surface area contributed by atoms with Crippen molar-refractivity contribution in [2.75, 3.05) is 40.5 Å². The standard InChI is InChI=1S/C9H18N2O4S/c1-9(8-10)16(12,13)11(4-6-14-2)5-7-15-3/h9H,4-7H2,1-3H3. The molecule has 0 aliphatic heterocycles. The van der Waals surface area contributed by atoms with E-state index in [1.54, 1.807) is 6.07 Å². The summed E-state index contributed by atoms with van der Waals surface area (Å²) in [7, 11) is -0.594. The maximum absolute atomic E-state index is 11.9. The second kappa shape index (κ2) is 7.57. The molecule has 0 bridgehead atoms. The van der Waals surface area contributed by atoms with Crippen LogP contribution in [0.5, 0.6) is 0 Å². The third-order valence-corrected chi connectivity index (χ3v) is 4.16. The highest BCUT2D eigenvalue weighted by Crippen LogP contribution is 2.07. The third-order valence-electron chi connectivity index (χ3n) is 2.08. The molecule has 6 nitrogen and oxygen atoms in total. The molecule has 0 spiro atoms. The van der Waals surface area contributed by atoms with Gasteiger partial charge in [-0.3, -0.25) is 0 Å². The van der Waals surface area contributed by atoms with Crippen molar-refractivity contribution < 1.29 is 17.9 Å². The van der Waals surface area contributed by atoms with Gasteiger partial charge in [-0.25, -0.2) is 8.42 Å². The van der Waals surface area contributed by atoms with Gasteiger partial charge in [-0.1, -0.05) is 0 Å². The summed E-state index contributed by atoms with van der Waals surface area (Å²) in [6.45, 7) is 2.41. The fourth-order valence-corrected chi connectivity index (χ4v) is 2.28. The number of hydrogen-bond acceptors (Lipinski definition) is 5. The van der Waals surface area contributed by atoms with E-state index >= 15 is 0 Å². The number of nitrogens with zero attached hydrogens (tertiary/aromatic N) is 2. The second-order valence-corrected chi connectivity index (χ2v) is 5.45. The van der Waals surface area contributed by atoms with Crippen LogP contribution in [0.15, 0.2) is 0 Å². The Labute approximate surface area is 96.8 Å². The number of rotatable bonds is 8. The lowest BCUT2D eigenvalue weighted by molar-refractivity contribution is 0.150. The zero-order valence-corrected chi connectivity index (χ0v) is 10.7. The summed E-state index contributed by atoms with van der Waals surface area (Å²) < 4.78 is 34.6. The van der Waals surface area contributed by atoms with Gasteiger partial charge in [0.1, 0.15) is 0 Å². The molecule has 0 aliphatic rings. The molecule has 0 N–H and O–H groups in total. The first-order valence-electron chi connectivity index (χ1n) is 4.87. The Morgan fingerprint density at radius 1 is 1.25 bits per heavy atom. The van der Waals surface area contributed by atoms with Crippen LogP contribution in [-0.2, 0) is 19.5 Å². The van der Waals surface area contributed by atoms with Gasteiger partial charge in [-0.05, 0) is 6.92 Å². The van der Waals surface area contributed by atoms with Crippen LogP contribution < -0.4 is 0 Å². The SMILES string of the molecule is COCCN(CCOC)S(=O)(=O)C(C)C#N. The highest BCUT2D eigenvalue weighted by molar-refractivity contribution is 7.89. The lowest BCUT2D eigenvalue weighted by Crippen LogP contribution is -2.40. The van der Waals surface area contributed by atoms with E-state index in [1.165, 1.54) is 25.4 Å². The Balaban J connectivity index is 4.67. The van der Waals surface area contributed by atoms with E-state index in [0.717, 1.165) is 0 Å². The molecule has 7 heteroatoms. The second-order valence-electron chi connectivity index (χ2n) is 3.20. The molecule has 0 radical (unpaired) electrons. The van der Waals surface area contributed by atoms with Crippen molar-refractivity contribution in [2.45, 2.75) is 12.2 Å². The first-order valence-corrected chi connectivity index (χ1v) is 6.37. The lowest BCUT2D eigenvalue weighted by Gasteiger charge is -2.22. The Morgan fingerprint density at radius 2 is 1.69 bits per heavy atom. The molecule has 0 fully saturated rings. The number of sulfonamides is 1. The molecule has 0 aromatic carbocycles. The number of ether oxygens (including phenoxy) is 2. The van der Waals surface area contributed by atoms with E-state index < -0.39 is 15.3 Å². The minimum absolute atomic E-state index is 0.230. The molecule has 0 aromatic rings. The Kier molecular flexibility index (Phi) is 7.25. The number of methoxy groups -OCH3 is 2. The van der Waals surface area contributed by atoms with Gasteiger partial charge in [0.15, 0.2) is 5.25 Å². The first-order chi connectivity index (χ1) is 7.50. The number of nitriles is 1. The number of hydrogen-bond donors (Lipinski definition) is 0. The summed E-state index contributed by atoms with van der Waals surface area (Å²) in [6.07, 6.45) is 0. The van der Waals surface area contributed by atoms with Gasteiger partial charge in [-0.2, -0.15) is 9.57 Å². The van der Waals surface area contributed by atoms with Crippen molar-refractivity contribution in [1.29, 1.82) is 5.26 Å². The predicted molar refractivity (Wildman–Crippen MR) is 59.3 cm³/mol. The van der Waals surface area contributed by atoms with E-state index in [1.807, 2.05) is 0 Å². The van der Waals surface area contributed by atoms with Crippen LogP contribution in [0, 0.1) is 11.3 Å². The van der Waals surface area contributed by atoms with Gasteiger partial charge in [0.2, 0.25) is 10.0 Å². The highest BCUT2D eigenvalue weighted by atomic mass is 32.2. The molecular formula is C9H18N2O4S. The van der Waals surface area contributed by atoms with Gasteiger partial charge < -0.3 is 9.47 Å². The average molecular weight is 250 g/mol. The fraction of sp³-hybridized carbons (Fsp3) is 0.889. The highest BCUT2D eigenvalue weighted by Gasteiger charge is 2.28. The van der Waals surface area contributed by atoms with Crippen molar-refractivity contribution in [3.8, 4) is 6.07 Å². The van der Waals surface area contributed by atoms with Crippen LogP contribution in [-0.4, -0.2) is 58.5 Å². The minimum atomic E-state index is -3.58. The van der Waals surface area contributed by atoms with Gasteiger partial charge in [-0.15, -0.1) is 0 Å². The van der Waals surface area contributed by atoms with Gasteiger partial charge in [0.05, 0.1) is 19.3 Å². The molecule has 1 unspecified atom stereocenters. The van der Waals surface area contributed by atoms with E-state index in [2.05, 4.69) is 0 Å². The molecule has 0 aliphatic carbocycles. The van der Waals surface area contributed by atoms with Crippen LogP contribution in [0.2, 0.25) is 0 Å². The van der Waals surface area contributed by atoms with Crippen LogP contribution >= 0.6 is 0 Å². The van der Waals surface area contributed by atoms with Crippen molar-refractivity contribution >= 4 is 10.0 Å². The van der Waals surface area contributed by atoms with Crippen molar-refractivity contribution in [2.24, 2.45) is 0 Å². The summed E-state index contributed by atoms with van der Waals surface area (Å²) >= 11 is 0. The molecule has 0 aromatic heterocycles. The first kappa shape index (κ1) is 15.3. The largest absolute Gasteiger partial charge is 0.383 e. The maximum atomic E-state index is 11.9. The van der Waals surface area contributed by atoms with E-state index in [0.29, 0.717) is 13.2 Å². The molecule has 1 atom stereocenters. The van der Waals surface area contributed by atoms with Crippen LogP contribution in [0.3, 0.4) is 0 Å². The van der Waals surface area contributed by atoms with E-state index in [-0.39, 0.29) is 13.1 Å². The molecule has 0 saturated carbocycles. The molecule has 0 saturated heterocycles. The van der Waals surface area contributed by atoms with Gasteiger partial charge >= 0.3 is 0 Å². The van der Waals surface area contributed by atoms with Crippen LogP contribution in [0.1, 0.15) is 6.92 Å². The lowest BCUT2D eigenvalue weighted by atomic mass is 10.5. The van der Waals surface area contributed by atoms with Crippen molar-refractivity contribution in [3.05, 3.63) is 0 Å². The molecule has 0 amide bonds. The smallest absolute Gasteiger partial charge is 0.230 e. The van der Waals surface area contributed by atoms with Gasteiger partial charge in [0.25, 0.3) is 0 Å². The Hall–Kier alpha value is -0.680. The van der Waals surface area contributed by atoms with Crippen molar-refractivity contribution in [3.63, 3.8) is 0 Å². The summed E-state index contributed by atoms with van der Waals surface area (Å²) in [6, 6.07) is 1.73. The average Bonchev–Trinajstić information content (AvgIpc) is 2.27. The van der Waals surface area contributed by atoms with Gasteiger partial charge in [0, 0.05) is 27.3 Å². The topological polar surface area (TPSA) is 79.6 Å². The third kappa shape index (κ3) is 4.45. The summed E-state index contributed by atoms with van der Waals surface area (Å²) in [4.78, 5) is 0. The normalized spacial score (nSPS) is 13.7. The van der Waals surface area contributed by atoms with Crippen molar-refractivity contribution in [1.82, 2.24) is 4.31 Å². The monoisotopic (exact) mass is 250 g/mol. The van der Waals surface area contributed by atoms with Crippen LogP contribution in [0.4, 0.5) is 0 Å². The molecule has 94 valence electrons. The summed E-state index contributed by atoms with van der Waals surface area (Å²) in [5.74, 6) is 0. The summed E-state index contributed by atoms with van der Waals surface area (Å²) in [5, 5.41) is 7.60. The zero-order chi connectivity index (χ0) is 12.6. The molecular weight excluding hydrogens is 232 g/mol. The zero-order valence-electron chi connectivity index (χ0n) is 9.84. The summed E-state index contributed by atoms with van der Waals surface area (Å²) in [5.41, 5.74) is 0. The Morgan fingerprint density at radius 3 is 2.00 bits per heavy atom. The minimum Gasteiger partial charge on any atom is -0.383 e. The maximum Gasteiger partial charge on any atom is 0.230 e.